The maximum Gasteiger partial charge on any atom is 0.430 e. The van der Waals surface area contributed by atoms with E-state index in [2.05, 4.69) is 20.8 Å². The highest BCUT2D eigenvalue weighted by Gasteiger charge is 2.49. The average Bonchev–Trinajstić information content (AvgIpc) is 2.63. The predicted molar refractivity (Wildman–Crippen MR) is 101 cm³/mol. The average molecular weight is 512 g/mol. The lowest BCUT2D eigenvalue weighted by Gasteiger charge is -2.29. The zero-order valence-corrected chi connectivity index (χ0v) is 17.8. The van der Waals surface area contributed by atoms with Crippen LogP contribution >= 0.6 is 15.9 Å². The van der Waals surface area contributed by atoms with Crippen molar-refractivity contribution in [3.05, 3.63) is 43.4 Å². The minimum absolute atomic E-state index is 0.0153. The van der Waals surface area contributed by atoms with E-state index < -0.39 is 41.2 Å². The largest absolute Gasteiger partial charge is 0.475 e. The second-order valence-electron chi connectivity index (χ2n) is 6.40. The third-order valence-electron chi connectivity index (χ3n) is 3.92. The van der Waals surface area contributed by atoms with E-state index >= 15 is 0 Å². The highest BCUT2D eigenvalue weighted by atomic mass is 79.9. The Hall–Kier alpha value is -2.83. The van der Waals surface area contributed by atoms with E-state index in [1.54, 1.807) is 13.0 Å². The first-order valence-electron chi connectivity index (χ1n) is 8.81. The summed E-state index contributed by atoms with van der Waals surface area (Å²) in [5.41, 5.74) is -0.125. The molecule has 2 atom stereocenters. The van der Waals surface area contributed by atoms with Crippen molar-refractivity contribution in [3.8, 4) is 5.75 Å². The van der Waals surface area contributed by atoms with Crippen LogP contribution in [0, 0.1) is 17.0 Å². The number of hydrogen-bond acceptors (Lipinski definition) is 8. The van der Waals surface area contributed by atoms with Crippen LogP contribution in [0.15, 0.2) is 22.2 Å². The van der Waals surface area contributed by atoms with Crippen LogP contribution in [0.2, 0.25) is 0 Å². The molecule has 1 aromatic rings. The van der Waals surface area contributed by atoms with Gasteiger partial charge < -0.3 is 19.0 Å². The molecule has 31 heavy (non-hydrogen) atoms. The molecule has 0 saturated heterocycles. The summed E-state index contributed by atoms with van der Waals surface area (Å²) in [6.07, 6.45) is -8.28. The summed E-state index contributed by atoms with van der Waals surface area (Å²) >= 11 is 3.23. The topological polar surface area (TPSA) is 114 Å². The van der Waals surface area contributed by atoms with E-state index in [1.807, 2.05) is 0 Å². The van der Waals surface area contributed by atoms with E-state index in [0.717, 1.165) is 13.0 Å². The van der Waals surface area contributed by atoms with Gasteiger partial charge in [-0.05, 0) is 37.1 Å². The number of alkyl halides is 3. The van der Waals surface area contributed by atoms with Crippen LogP contribution in [0.5, 0.6) is 5.75 Å². The molecule has 1 heterocycles. The van der Waals surface area contributed by atoms with Gasteiger partial charge in [0.15, 0.2) is 0 Å². The van der Waals surface area contributed by atoms with Crippen molar-refractivity contribution < 1.29 is 46.9 Å². The molecule has 0 fully saturated rings. The van der Waals surface area contributed by atoms with Crippen LogP contribution < -0.4 is 4.74 Å². The van der Waals surface area contributed by atoms with Gasteiger partial charge in [-0.15, -0.1) is 10.1 Å². The molecule has 0 amide bonds. The molecule has 0 radical (unpaired) electrons. The molecule has 0 bridgehead atoms. The van der Waals surface area contributed by atoms with Gasteiger partial charge in [0.1, 0.15) is 5.75 Å². The van der Waals surface area contributed by atoms with Crippen molar-refractivity contribution in [2.24, 2.45) is 0 Å². The Balaban J connectivity index is 2.09. The van der Waals surface area contributed by atoms with Crippen LogP contribution in [0.1, 0.15) is 30.9 Å². The van der Waals surface area contributed by atoms with Crippen LogP contribution in [-0.4, -0.2) is 42.2 Å². The highest BCUT2D eigenvalue weighted by molar-refractivity contribution is 9.10. The number of halogens is 4. The molecule has 2 rings (SSSR count). The highest BCUT2D eigenvalue weighted by Crippen LogP contribution is 2.40. The fraction of sp³-hybridized carbons (Fsp3) is 0.444. The first-order valence-corrected chi connectivity index (χ1v) is 9.60. The molecule has 1 unspecified atom stereocenters. The molecule has 1 aliphatic rings. The van der Waals surface area contributed by atoms with E-state index in [-0.39, 0.29) is 30.8 Å². The predicted octanol–water partition coefficient (Wildman–Crippen LogP) is 3.89. The Morgan fingerprint density at radius 3 is 2.61 bits per heavy atom. The second kappa shape index (κ2) is 9.98. The Labute approximate surface area is 182 Å². The molecule has 0 aliphatic carbocycles. The van der Waals surface area contributed by atoms with E-state index in [1.165, 1.54) is 6.07 Å². The van der Waals surface area contributed by atoms with Crippen molar-refractivity contribution in [1.29, 1.82) is 0 Å². The number of carbonyl (C=O) groups is 2. The molecular weight excluding hydrogens is 495 g/mol. The summed E-state index contributed by atoms with van der Waals surface area (Å²) in [5, 5.41) is 8.99. The maximum absolute atomic E-state index is 13.5. The second-order valence-corrected chi connectivity index (χ2v) is 7.32. The smallest absolute Gasteiger partial charge is 0.430 e. The first-order chi connectivity index (χ1) is 14.4. The van der Waals surface area contributed by atoms with Crippen LogP contribution in [0.3, 0.4) is 0 Å². The lowest BCUT2D eigenvalue weighted by atomic mass is 9.99. The van der Waals surface area contributed by atoms with Crippen molar-refractivity contribution in [3.63, 3.8) is 0 Å². The summed E-state index contributed by atoms with van der Waals surface area (Å²) < 4.78 is 55.8. The maximum atomic E-state index is 13.5. The van der Waals surface area contributed by atoms with Crippen molar-refractivity contribution in [1.82, 2.24) is 0 Å². The minimum Gasteiger partial charge on any atom is -0.475 e. The molecule has 170 valence electrons. The van der Waals surface area contributed by atoms with Gasteiger partial charge in [0.2, 0.25) is 12.4 Å². The number of nitrogens with zero attached hydrogens (tertiary/aromatic N) is 1. The molecule has 0 aromatic heterocycles. The van der Waals surface area contributed by atoms with Gasteiger partial charge in [-0.3, -0.25) is 4.79 Å². The van der Waals surface area contributed by atoms with Crippen LogP contribution in [0.25, 0.3) is 6.08 Å². The lowest BCUT2D eigenvalue weighted by Crippen LogP contribution is -2.41. The zero-order chi connectivity index (χ0) is 23.3. The van der Waals surface area contributed by atoms with Gasteiger partial charge in [0, 0.05) is 23.4 Å². The number of esters is 2. The fourth-order valence-corrected chi connectivity index (χ4v) is 3.29. The number of rotatable bonds is 8. The molecular formula is C18H17BrF3NO8. The summed E-state index contributed by atoms with van der Waals surface area (Å²) in [7, 11) is 0. The lowest BCUT2D eigenvalue weighted by molar-refractivity contribution is -0.757. The van der Waals surface area contributed by atoms with Gasteiger partial charge in [0.25, 0.3) is 5.09 Å². The first kappa shape index (κ1) is 24.4. The monoisotopic (exact) mass is 511 g/mol. The van der Waals surface area contributed by atoms with Gasteiger partial charge in [-0.25, -0.2) is 4.79 Å². The summed E-state index contributed by atoms with van der Waals surface area (Å²) in [6, 6.07) is 3.06. The van der Waals surface area contributed by atoms with E-state index in [4.69, 9.17) is 14.2 Å². The number of ether oxygens (including phenoxy) is 3. The summed E-state index contributed by atoms with van der Waals surface area (Å²) in [6.45, 7) is 2.36. The minimum atomic E-state index is -4.90. The van der Waals surface area contributed by atoms with Gasteiger partial charge >= 0.3 is 18.1 Å². The third kappa shape index (κ3) is 6.84. The number of fused-ring (bicyclic) bond motifs is 1. The van der Waals surface area contributed by atoms with Crippen molar-refractivity contribution >= 4 is 33.9 Å². The number of aryl methyl sites for hydroxylation is 1. The number of benzene rings is 1. The van der Waals surface area contributed by atoms with Crippen molar-refractivity contribution in [2.45, 2.75) is 45.3 Å². The van der Waals surface area contributed by atoms with E-state index in [0.29, 0.717) is 10.0 Å². The Morgan fingerprint density at radius 2 is 2.00 bits per heavy atom. The summed E-state index contributed by atoms with van der Waals surface area (Å²) in [5.74, 6) is -2.26. The summed E-state index contributed by atoms with van der Waals surface area (Å²) in [4.78, 5) is 38.1. The standard InChI is InChI=1S/C18H17BrF3NO8/c1-9-6-12(19)7-11-8-13(16(18(20,21)22)31-15(9)11)17(25)30-10(2)29-14(24)4-3-5-28-23(26)27/h6-8,10,16H,3-5H2,1-2H3/t10-,16?/m0/s1. The molecule has 0 N–H and O–H groups in total. The SMILES string of the molecule is Cc1cc(Br)cc2c1OC(C(F)(F)F)C(C(=O)O[C@@H](C)OC(=O)CCCO[N+](=O)[O-])=C2. The molecule has 13 heteroatoms. The zero-order valence-electron chi connectivity index (χ0n) is 16.2. The fourth-order valence-electron chi connectivity index (χ4n) is 2.70. The Bertz CT molecular complexity index is 903. The normalized spacial score (nSPS) is 16.3. The van der Waals surface area contributed by atoms with Gasteiger partial charge in [-0.1, -0.05) is 15.9 Å². The quantitative estimate of drug-likeness (QED) is 0.170. The Morgan fingerprint density at radius 1 is 1.32 bits per heavy atom. The number of hydrogen-bond donors (Lipinski definition) is 0. The molecule has 0 spiro atoms. The van der Waals surface area contributed by atoms with Gasteiger partial charge in [0.05, 0.1) is 12.2 Å². The molecule has 0 saturated carbocycles. The van der Waals surface area contributed by atoms with Crippen LogP contribution in [0.4, 0.5) is 13.2 Å². The van der Waals surface area contributed by atoms with E-state index in [9.17, 15) is 32.9 Å². The molecule has 9 nitrogen and oxygen atoms in total. The number of carbonyl (C=O) groups excluding carboxylic acids is 2. The Kier molecular flexibility index (Phi) is 7.87. The van der Waals surface area contributed by atoms with Gasteiger partial charge in [-0.2, -0.15) is 13.2 Å². The third-order valence-corrected chi connectivity index (χ3v) is 4.38. The molecule has 1 aromatic carbocycles. The van der Waals surface area contributed by atoms with Crippen molar-refractivity contribution in [2.75, 3.05) is 6.61 Å². The molecule has 1 aliphatic heterocycles. The van der Waals surface area contributed by atoms with Crippen LogP contribution in [-0.2, 0) is 23.9 Å².